The van der Waals surface area contributed by atoms with Crippen LogP contribution in [0.3, 0.4) is 0 Å². The molecule has 0 aliphatic heterocycles. The minimum atomic E-state index is -0.135. The standard InChI is InChI=1S/C8H10NO/c1-9-8-4-2-7(6-10)3-5-8/h2-5,9H,6H2,1H3. The minimum Gasteiger partial charge on any atom is -0.388 e. The average molecular weight is 136 g/mol. The van der Waals surface area contributed by atoms with Gasteiger partial charge in [0.2, 0.25) is 0 Å². The van der Waals surface area contributed by atoms with E-state index in [-0.39, 0.29) is 6.61 Å². The molecule has 0 saturated heterocycles. The molecule has 0 atom stereocenters. The molecule has 10 heavy (non-hydrogen) atoms. The molecule has 0 spiro atoms. The zero-order valence-electron chi connectivity index (χ0n) is 5.92. The van der Waals surface area contributed by atoms with Crippen molar-refractivity contribution in [2.45, 2.75) is 6.61 Å². The van der Waals surface area contributed by atoms with E-state index in [2.05, 4.69) is 5.32 Å². The van der Waals surface area contributed by atoms with Crippen LogP contribution in [0.2, 0.25) is 0 Å². The van der Waals surface area contributed by atoms with Crippen LogP contribution in [0, 0.1) is 0 Å². The lowest BCUT2D eigenvalue weighted by atomic mass is 10.2. The van der Waals surface area contributed by atoms with Crippen molar-refractivity contribution < 1.29 is 5.11 Å². The summed E-state index contributed by atoms with van der Waals surface area (Å²) < 4.78 is 0. The summed E-state index contributed by atoms with van der Waals surface area (Å²) in [5.74, 6) is 0. The maximum absolute atomic E-state index is 10.3. The molecule has 0 aliphatic rings. The molecule has 0 fully saturated rings. The predicted molar refractivity (Wildman–Crippen MR) is 40.4 cm³/mol. The van der Waals surface area contributed by atoms with Crippen LogP contribution in [0.5, 0.6) is 0 Å². The van der Waals surface area contributed by atoms with Crippen LogP contribution in [0.4, 0.5) is 5.69 Å². The van der Waals surface area contributed by atoms with Crippen LogP contribution in [0.1, 0.15) is 5.56 Å². The van der Waals surface area contributed by atoms with Crippen LogP contribution < -0.4 is 5.32 Å². The van der Waals surface area contributed by atoms with Gasteiger partial charge in [0, 0.05) is 12.7 Å². The van der Waals surface area contributed by atoms with E-state index in [4.69, 9.17) is 0 Å². The molecule has 53 valence electrons. The molecular weight excluding hydrogens is 126 g/mol. The molecule has 0 bridgehead atoms. The Morgan fingerprint density at radius 1 is 1.30 bits per heavy atom. The van der Waals surface area contributed by atoms with Crippen molar-refractivity contribution in [2.24, 2.45) is 0 Å². The summed E-state index contributed by atoms with van der Waals surface area (Å²) >= 11 is 0. The van der Waals surface area contributed by atoms with Crippen molar-refractivity contribution in [2.75, 3.05) is 12.4 Å². The molecule has 0 heterocycles. The Morgan fingerprint density at radius 3 is 2.30 bits per heavy atom. The van der Waals surface area contributed by atoms with Gasteiger partial charge in [-0.15, -0.1) is 0 Å². The fourth-order valence-corrected chi connectivity index (χ4v) is 0.768. The van der Waals surface area contributed by atoms with E-state index in [9.17, 15) is 5.11 Å². The lowest BCUT2D eigenvalue weighted by Gasteiger charge is -1.98. The van der Waals surface area contributed by atoms with E-state index < -0.39 is 0 Å². The van der Waals surface area contributed by atoms with Crippen molar-refractivity contribution in [3.63, 3.8) is 0 Å². The van der Waals surface area contributed by atoms with Gasteiger partial charge in [-0.1, -0.05) is 12.1 Å². The molecule has 1 N–H and O–H groups in total. The Morgan fingerprint density at radius 2 is 1.90 bits per heavy atom. The van der Waals surface area contributed by atoms with Gasteiger partial charge < -0.3 is 5.32 Å². The van der Waals surface area contributed by atoms with E-state index in [0.717, 1.165) is 11.3 Å². The van der Waals surface area contributed by atoms with Crippen molar-refractivity contribution in [3.05, 3.63) is 29.8 Å². The second kappa shape index (κ2) is 3.22. The number of hydrogen-bond donors (Lipinski definition) is 1. The van der Waals surface area contributed by atoms with E-state index in [1.165, 1.54) is 0 Å². The van der Waals surface area contributed by atoms with Gasteiger partial charge in [-0.2, -0.15) is 0 Å². The molecule has 1 aromatic rings. The summed E-state index contributed by atoms with van der Waals surface area (Å²) in [7, 11) is 1.85. The highest BCUT2D eigenvalue weighted by molar-refractivity contribution is 5.43. The second-order valence-electron chi connectivity index (χ2n) is 2.09. The van der Waals surface area contributed by atoms with Gasteiger partial charge in [0.15, 0.2) is 0 Å². The van der Waals surface area contributed by atoms with Crippen molar-refractivity contribution in [1.82, 2.24) is 0 Å². The second-order valence-corrected chi connectivity index (χ2v) is 2.09. The Hall–Kier alpha value is -1.02. The smallest absolute Gasteiger partial charge is 0.107 e. The fourth-order valence-electron chi connectivity index (χ4n) is 0.768. The first kappa shape index (κ1) is 7.09. The molecule has 0 unspecified atom stereocenters. The predicted octanol–water partition coefficient (Wildman–Crippen LogP) is 1.66. The third-order valence-electron chi connectivity index (χ3n) is 1.41. The highest BCUT2D eigenvalue weighted by Crippen LogP contribution is 2.07. The average Bonchev–Trinajstić information content (AvgIpc) is 2.05. The normalized spacial score (nSPS) is 9.40. The van der Waals surface area contributed by atoms with Gasteiger partial charge in [0.1, 0.15) is 6.61 Å². The summed E-state index contributed by atoms with van der Waals surface area (Å²) in [6, 6.07) is 7.46. The van der Waals surface area contributed by atoms with E-state index in [1.807, 2.05) is 31.3 Å². The Bertz CT molecular complexity index is 170. The molecule has 2 heteroatoms. The highest BCUT2D eigenvalue weighted by Gasteiger charge is 1.89. The molecule has 0 saturated carbocycles. The first-order valence-corrected chi connectivity index (χ1v) is 3.21. The van der Waals surface area contributed by atoms with Crippen LogP contribution in [-0.4, -0.2) is 7.05 Å². The number of hydrogen-bond acceptors (Lipinski definition) is 1. The zero-order chi connectivity index (χ0) is 7.40. The third kappa shape index (κ3) is 1.48. The summed E-state index contributed by atoms with van der Waals surface area (Å²) in [6.45, 7) is -0.135. The lowest BCUT2D eigenvalue weighted by molar-refractivity contribution is 0.177. The molecule has 1 radical (unpaired) electrons. The molecule has 1 aromatic carbocycles. The molecule has 0 aromatic heterocycles. The van der Waals surface area contributed by atoms with Gasteiger partial charge in [0.25, 0.3) is 0 Å². The summed E-state index contributed by atoms with van der Waals surface area (Å²) in [5.41, 5.74) is 1.87. The maximum Gasteiger partial charge on any atom is 0.107 e. The highest BCUT2D eigenvalue weighted by atomic mass is 16.3. The first-order chi connectivity index (χ1) is 4.86. The lowest BCUT2D eigenvalue weighted by Crippen LogP contribution is -1.87. The van der Waals surface area contributed by atoms with Crippen LogP contribution in [-0.2, 0) is 11.7 Å². The van der Waals surface area contributed by atoms with Crippen molar-refractivity contribution in [3.8, 4) is 0 Å². The van der Waals surface area contributed by atoms with E-state index in [1.54, 1.807) is 0 Å². The molecule has 0 amide bonds. The maximum atomic E-state index is 10.3. The summed E-state index contributed by atoms with van der Waals surface area (Å²) in [5, 5.41) is 13.3. The van der Waals surface area contributed by atoms with Gasteiger partial charge >= 0.3 is 0 Å². The van der Waals surface area contributed by atoms with Crippen LogP contribution in [0.25, 0.3) is 0 Å². The molecule has 1 rings (SSSR count). The fraction of sp³-hybridized carbons (Fsp3) is 0.250. The SMILES string of the molecule is CNc1ccc(C[O])cc1. The Labute approximate surface area is 60.5 Å². The van der Waals surface area contributed by atoms with Crippen molar-refractivity contribution >= 4 is 5.69 Å². The van der Waals surface area contributed by atoms with Gasteiger partial charge in [-0.05, 0) is 17.7 Å². The van der Waals surface area contributed by atoms with Gasteiger partial charge in [-0.3, -0.25) is 0 Å². The molecule has 0 aliphatic carbocycles. The van der Waals surface area contributed by atoms with Gasteiger partial charge in [0.05, 0.1) is 0 Å². The zero-order valence-corrected chi connectivity index (χ0v) is 5.92. The van der Waals surface area contributed by atoms with Crippen LogP contribution >= 0.6 is 0 Å². The van der Waals surface area contributed by atoms with Gasteiger partial charge in [-0.25, -0.2) is 5.11 Å². The number of rotatable bonds is 2. The van der Waals surface area contributed by atoms with E-state index in [0.29, 0.717) is 0 Å². The summed E-state index contributed by atoms with van der Waals surface area (Å²) in [4.78, 5) is 0. The third-order valence-corrected chi connectivity index (χ3v) is 1.41. The molecular formula is C8H10NO. The van der Waals surface area contributed by atoms with E-state index >= 15 is 0 Å². The quantitative estimate of drug-likeness (QED) is 0.658. The first-order valence-electron chi connectivity index (χ1n) is 3.21. The monoisotopic (exact) mass is 136 g/mol. The number of nitrogens with one attached hydrogen (secondary N) is 1. The largest absolute Gasteiger partial charge is 0.388 e. The molecule has 2 nitrogen and oxygen atoms in total. The Balaban J connectivity index is 2.80. The number of anilines is 1. The minimum absolute atomic E-state index is 0.135. The number of benzene rings is 1. The topological polar surface area (TPSA) is 31.9 Å². The van der Waals surface area contributed by atoms with Crippen molar-refractivity contribution in [1.29, 1.82) is 0 Å². The van der Waals surface area contributed by atoms with Crippen LogP contribution in [0.15, 0.2) is 24.3 Å². The summed E-state index contributed by atoms with van der Waals surface area (Å²) in [6.07, 6.45) is 0. The Kier molecular flexibility index (Phi) is 2.29.